The van der Waals surface area contributed by atoms with E-state index >= 15 is 0 Å². The Morgan fingerprint density at radius 1 is 1.11 bits per heavy atom. The molecule has 4 nitrogen and oxygen atoms in total. The highest BCUT2D eigenvalue weighted by atomic mass is 19.1. The predicted molar refractivity (Wildman–Crippen MR) is 59.9 cm³/mol. The molecular formula is C12H14F2O4. The van der Waals surface area contributed by atoms with Gasteiger partial charge in [0.1, 0.15) is 12.9 Å². The van der Waals surface area contributed by atoms with Crippen molar-refractivity contribution >= 4 is 6.29 Å². The maximum atomic E-state index is 13.3. The van der Waals surface area contributed by atoms with Crippen LogP contribution in [0, 0.1) is 11.6 Å². The van der Waals surface area contributed by atoms with Crippen molar-refractivity contribution < 1.29 is 27.8 Å². The Labute approximate surface area is 103 Å². The Balaban J connectivity index is 2.45. The Morgan fingerprint density at radius 2 is 1.72 bits per heavy atom. The molecule has 0 aliphatic carbocycles. The average molecular weight is 260 g/mol. The molecule has 0 spiro atoms. The molecule has 0 saturated heterocycles. The molecule has 100 valence electrons. The normalized spacial score (nSPS) is 10.4. The number of aldehydes is 1. The monoisotopic (exact) mass is 260 g/mol. The molecule has 1 aromatic carbocycles. The average Bonchev–Trinajstić information content (AvgIpc) is 2.35. The zero-order chi connectivity index (χ0) is 13.4. The zero-order valence-electron chi connectivity index (χ0n) is 9.95. The lowest BCUT2D eigenvalue weighted by atomic mass is 10.2. The van der Waals surface area contributed by atoms with Crippen LogP contribution < -0.4 is 4.74 Å². The van der Waals surface area contributed by atoms with Gasteiger partial charge in [-0.05, 0) is 12.1 Å². The maximum Gasteiger partial charge on any atom is 0.190 e. The summed E-state index contributed by atoms with van der Waals surface area (Å²) >= 11 is 0. The molecule has 0 amide bonds. The molecule has 0 heterocycles. The minimum atomic E-state index is -0.908. The lowest BCUT2D eigenvalue weighted by Gasteiger charge is -2.09. The third kappa shape index (κ3) is 4.38. The summed E-state index contributed by atoms with van der Waals surface area (Å²) < 4.78 is 41.4. The van der Waals surface area contributed by atoms with E-state index in [0.29, 0.717) is 19.5 Å². The maximum absolute atomic E-state index is 13.3. The van der Waals surface area contributed by atoms with Gasteiger partial charge in [-0.25, -0.2) is 8.78 Å². The van der Waals surface area contributed by atoms with Gasteiger partial charge < -0.3 is 14.2 Å². The quantitative estimate of drug-likeness (QED) is 0.528. The van der Waals surface area contributed by atoms with Gasteiger partial charge in [-0.1, -0.05) is 0 Å². The van der Waals surface area contributed by atoms with Gasteiger partial charge >= 0.3 is 0 Å². The Bertz CT molecular complexity index is 373. The van der Waals surface area contributed by atoms with Gasteiger partial charge in [0.15, 0.2) is 17.4 Å². The lowest BCUT2D eigenvalue weighted by molar-refractivity contribution is 0.0531. The number of carbonyl (C=O) groups is 1. The van der Waals surface area contributed by atoms with Gasteiger partial charge in [0.2, 0.25) is 0 Å². The third-order valence-electron chi connectivity index (χ3n) is 2.06. The van der Waals surface area contributed by atoms with E-state index in [-0.39, 0.29) is 18.8 Å². The molecule has 0 N–H and O–H groups in total. The van der Waals surface area contributed by atoms with Crippen LogP contribution >= 0.6 is 0 Å². The third-order valence-corrected chi connectivity index (χ3v) is 2.06. The fourth-order valence-electron chi connectivity index (χ4n) is 1.23. The van der Waals surface area contributed by atoms with Crippen LogP contribution in [0.25, 0.3) is 0 Å². The first-order valence-electron chi connectivity index (χ1n) is 5.32. The van der Waals surface area contributed by atoms with Crippen molar-refractivity contribution in [2.45, 2.75) is 0 Å². The number of hydrogen-bond acceptors (Lipinski definition) is 4. The van der Waals surface area contributed by atoms with Crippen LogP contribution in [0.1, 0.15) is 10.4 Å². The summed E-state index contributed by atoms with van der Waals surface area (Å²) in [6.45, 7) is 1.03. The molecule has 1 rings (SSSR count). The first kappa shape index (κ1) is 14.5. The molecule has 0 radical (unpaired) electrons. The standard InChI is InChI=1S/C12H14F2O4/c1-16-2-3-17-4-5-18-12-10(13)6-9(8-15)7-11(12)14/h6-8H,2-5H2,1H3. The summed E-state index contributed by atoms with van der Waals surface area (Å²) in [7, 11) is 1.54. The number of benzene rings is 1. The van der Waals surface area contributed by atoms with Crippen LogP contribution in [-0.2, 0) is 9.47 Å². The molecule has 0 fully saturated rings. The zero-order valence-corrected chi connectivity index (χ0v) is 9.95. The van der Waals surface area contributed by atoms with Gasteiger partial charge in [-0.3, -0.25) is 4.79 Å². The summed E-state index contributed by atoms with van der Waals surface area (Å²) in [5.74, 6) is -2.32. The van der Waals surface area contributed by atoms with Gasteiger partial charge in [0, 0.05) is 12.7 Å². The fraction of sp³-hybridized carbons (Fsp3) is 0.417. The second kappa shape index (κ2) is 7.73. The Hall–Kier alpha value is -1.53. The van der Waals surface area contributed by atoms with Gasteiger partial charge in [0.25, 0.3) is 0 Å². The topological polar surface area (TPSA) is 44.8 Å². The van der Waals surface area contributed by atoms with Crippen molar-refractivity contribution in [2.24, 2.45) is 0 Å². The molecule has 6 heteroatoms. The minimum Gasteiger partial charge on any atom is -0.485 e. The van der Waals surface area contributed by atoms with Crippen molar-refractivity contribution in [1.82, 2.24) is 0 Å². The van der Waals surface area contributed by atoms with E-state index < -0.39 is 17.4 Å². The Kier molecular flexibility index (Phi) is 6.24. The molecule has 0 aliphatic rings. The van der Waals surface area contributed by atoms with Gasteiger partial charge in [0.05, 0.1) is 19.8 Å². The molecule has 0 atom stereocenters. The van der Waals surface area contributed by atoms with Crippen LogP contribution in [0.4, 0.5) is 8.78 Å². The van der Waals surface area contributed by atoms with Gasteiger partial charge in [-0.15, -0.1) is 0 Å². The van der Waals surface area contributed by atoms with Crippen LogP contribution in [0.2, 0.25) is 0 Å². The highest BCUT2D eigenvalue weighted by molar-refractivity contribution is 5.75. The number of hydrogen-bond donors (Lipinski definition) is 0. The molecular weight excluding hydrogens is 246 g/mol. The first-order chi connectivity index (χ1) is 8.69. The number of ether oxygens (including phenoxy) is 3. The predicted octanol–water partition coefficient (Wildman–Crippen LogP) is 1.82. The molecule has 0 aliphatic heterocycles. The molecule has 0 aromatic heterocycles. The van der Waals surface area contributed by atoms with Crippen molar-refractivity contribution in [3.8, 4) is 5.75 Å². The lowest BCUT2D eigenvalue weighted by Crippen LogP contribution is -2.11. The van der Waals surface area contributed by atoms with E-state index in [1.807, 2.05) is 0 Å². The van der Waals surface area contributed by atoms with E-state index in [1.165, 1.54) is 0 Å². The molecule has 1 aromatic rings. The van der Waals surface area contributed by atoms with E-state index in [9.17, 15) is 13.6 Å². The highest BCUT2D eigenvalue weighted by Gasteiger charge is 2.12. The SMILES string of the molecule is COCCOCCOc1c(F)cc(C=O)cc1F. The smallest absolute Gasteiger partial charge is 0.190 e. The van der Waals surface area contributed by atoms with Crippen LogP contribution in [0.5, 0.6) is 5.75 Å². The van der Waals surface area contributed by atoms with Crippen molar-refractivity contribution in [2.75, 3.05) is 33.5 Å². The summed E-state index contributed by atoms with van der Waals surface area (Å²) in [6, 6.07) is 1.83. The Morgan fingerprint density at radius 3 is 2.28 bits per heavy atom. The summed E-state index contributed by atoms with van der Waals surface area (Å²) in [4.78, 5) is 10.4. The van der Waals surface area contributed by atoms with E-state index in [2.05, 4.69) is 0 Å². The first-order valence-corrected chi connectivity index (χ1v) is 5.32. The number of carbonyl (C=O) groups excluding carboxylic acids is 1. The van der Waals surface area contributed by atoms with Crippen LogP contribution in [0.3, 0.4) is 0 Å². The highest BCUT2D eigenvalue weighted by Crippen LogP contribution is 2.22. The van der Waals surface area contributed by atoms with Crippen molar-refractivity contribution in [3.63, 3.8) is 0 Å². The molecule has 0 bridgehead atoms. The van der Waals surface area contributed by atoms with Gasteiger partial charge in [-0.2, -0.15) is 0 Å². The van der Waals surface area contributed by atoms with Crippen molar-refractivity contribution in [3.05, 3.63) is 29.3 Å². The molecule has 18 heavy (non-hydrogen) atoms. The van der Waals surface area contributed by atoms with E-state index in [0.717, 1.165) is 12.1 Å². The van der Waals surface area contributed by atoms with Crippen LogP contribution in [0.15, 0.2) is 12.1 Å². The second-order valence-corrected chi connectivity index (χ2v) is 3.39. The largest absolute Gasteiger partial charge is 0.485 e. The summed E-state index contributed by atoms with van der Waals surface area (Å²) in [5.41, 5.74) is -0.0753. The number of methoxy groups -OCH3 is 1. The molecule has 0 saturated carbocycles. The fourth-order valence-corrected chi connectivity index (χ4v) is 1.23. The summed E-state index contributed by atoms with van der Waals surface area (Å²) in [5, 5.41) is 0. The number of halogens is 2. The van der Waals surface area contributed by atoms with Crippen molar-refractivity contribution in [1.29, 1.82) is 0 Å². The summed E-state index contributed by atoms with van der Waals surface area (Å²) in [6.07, 6.45) is 0.365. The minimum absolute atomic E-state index is 0.0119. The number of rotatable bonds is 8. The molecule has 0 unspecified atom stereocenters. The van der Waals surface area contributed by atoms with E-state index in [1.54, 1.807) is 7.11 Å². The van der Waals surface area contributed by atoms with Crippen LogP contribution in [-0.4, -0.2) is 39.8 Å². The van der Waals surface area contributed by atoms with E-state index in [4.69, 9.17) is 14.2 Å². The second-order valence-electron chi connectivity index (χ2n) is 3.39.